The van der Waals surface area contributed by atoms with Gasteiger partial charge in [0.05, 0.1) is 11.4 Å². The van der Waals surface area contributed by atoms with Crippen LogP contribution in [0.3, 0.4) is 0 Å². The van der Waals surface area contributed by atoms with Gasteiger partial charge in [-0.3, -0.25) is 10.1 Å². The van der Waals surface area contributed by atoms with Gasteiger partial charge in [0.15, 0.2) is 16.5 Å². The van der Waals surface area contributed by atoms with E-state index < -0.39 is 17.5 Å². The molecule has 0 unspecified atom stereocenters. The Bertz CT molecular complexity index is 971. The first-order chi connectivity index (χ1) is 12.7. The molecule has 0 fully saturated rings. The average Bonchev–Trinajstić information content (AvgIpc) is 3.21. The van der Waals surface area contributed by atoms with E-state index in [-0.39, 0.29) is 11.4 Å². The van der Waals surface area contributed by atoms with Gasteiger partial charge >= 0.3 is 5.97 Å². The number of hydrogen-bond acceptors (Lipinski definition) is 6. The first-order valence-corrected chi connectivity index (χ1v) is 9.23. The number of hydrogen-bond donors (Lipinski definition) is 1. The van der Waals surface area contributed by atoms with Crippen molar-refractivity contribution in [2.24, 2.45) is 0 Å². The smallest absolute Gasteiger partial charge is 0.357 e. The molecule has 0 aliphatic rings. The first-order valence-electron chi connectivity index (χ1n) is 8.35. The van der Waals surface area contributed by atoms with E-state index in [0.29, 0.717) is 10.8 Å². The van der Waals surface area contributed by atoms with Crippen molar-refractivity contribution in [2.45, 2.75) is 33.3 Å². The highest BCUT2D eigenvalue weighted by Gasteiger charge is 2.25. The normalized spacial score (nSPS) is 11.3. The molecule has 140 valence electrons. The fraction of sp³-hybridized carbons (Fsp3) is 0.263. The molecule has 1 N–H and O–H groups in total. The van der Waals surface area contributed by atoms with Crippen molar-refractivity contribution in [3.63, 3.8) is 0 Å². The molecular formula is C19H20N4O3S. The van der Waals surface area contributed by atoms with Gasteiger partial charge in [0, 0.05) is 11.4 Å². The largest absolute Gasteiger partial charge is 0.455 e. The number of esters is 1. The molecule has 2 heterocycles. The second kappa shape index (κ2) is 7.32. The third-order valence-corrected chi connectivity index (χ3v) is 4.27. The van der Waals surface area contributed by atoms with Crippen molar-refractivity contribution in [3.8, 4) is 5.69 Å². The molecule has 27 heavy (non-hydrogen) atoms. The average molecular weight is 384 g/mol. The molecular weight excluding hydrogens is 364 g/mol. The standard InChI is InChI=1S/C19H20N4O3S/c1-12-11-27-18(20-12)21-16(24)14-10-15(17(25)26-19(2,3)4)23(22-14)13-8-6-5-7-9-13/h5-11H,1-4H3,(H,20,21,24). The monoisotopic (exact) mass is 384 g/mol. The summed E-state index contributed by atoms with van der Waals surface area (Å²) in [6.07, 6.45) is 0. The lowest BCUT2D eigenvalue weighted by Gasteiger charge is -2.19. The van der Waals surface area contributed by atoms with E-state index in [1.165, 1.54) is 22.1 Å². The van der Waals surface area contributed by atoms with E-state index >= 15 is 0 Å². The summed E-state index contributed by atoms with van der Waals surface area (Å²) >= 11 is 1.32. The lowest BCUT2D eigenvalue weighted by molar-refractivity contribution is 0.00593. The summed E-state index contributed by atoms with van der Waals surface area (Å²) in [5, 5.41) is 9.33. The molecule has 0 atom stereocenters. The van der Waals surface area contributed by atoms with E-state index in [1.807, 2.05) is 30.5 Å². The maximum absolute atomic E-state index is 12.6. The summed E-state index contributed by atoms with van der Waals surface area (Å²) in [4.78, 5) is 29.4. The van der Waals surface area contributed by atoms with Crippen LogP contribution >= 0.6 is 11.3 Å². The number of thiazole rings is 1. The lowest BCUT2D eigenvalue weighted by Crippen LogP contribution is -2.25. The summed E-state index contributed by atoms with van der Waals surface area (Å²) in [6, 6.07) is 10.5. The minimum atomic E-state index is -0.663. The Labute approximate surface area is 161 Å². The molecule has 0 saturated heterocycles. The first kappa shape index (κ1) is 18.8. The zero-order chi connectivity index (χ0) is 19.6. The number of benzene rings is 1. The number of aromatic nitrogens is 3. The molecule has 3 rings (SSSR count). The number of nitrogens with one attached hydrogen (secondary N) is 1. The highest BCUT2D eigenvalue weighted by Crippen LogP contribution is 2.19. The van der Waals surface area contributed by atoms with Crippen molar-refractivity contribution >= 4 is 28.3 Å². The molecule has 0 spiro atoms. The van der Waals surface area contributed by atoms with Crippen LogP contribution in [0, 0.1) is 6.92 Å². The van der Waals surface area contributed by atoms with Crippen LogP contribution in [0.2, 0.25) is 0 Å². The summed E-state index contributed by atoms with van der Waals surface area (Å²) in [6.45, 7) is 7.20. The van der Waals surface area contributed by atoms with E-state index in [0.717, 1.165) is 5.69 Å². The number of carbonyl (C=O) groups excluding carboxylic acids is 2. The predicted molar refractivity (Wildman–Crippen MR) is 104 cm³/mol. The third kappa shape index (κ3) is 4.59. The number of para-hydroxylation sites is 1. The molecule has 0 aliphatic heterocycles. The van der Waals surface area contributed by atoms with Crippen LogP contribution in [-0.4, -0.2) is 32.2 Å². The van der Waals surface area contributed by atoms with Gasteiger partial charge in [-0.05, 0) is 39.8 Å². The molecule has 0 radical (unpaired) electrons. The van der Waals surface area contributed by atoms with Gasteiger partial charge in [-0.15, -0.1) is 11.3 Å². The summed E-state index contributed by atoms with van der Waals surface area (Å²) in [7, 11) is 0. The van der Waals surface area contributed by atoms with Crippen LogP contribution in [0.1, 0.15) is 47.4 Å². The summed E-state index contributed by atoms with van der Waals surface area (Å²) in [5.41, 5.74) is 1.09. The number of anilines is 1. The zero-order valence-electron chi connectivity index (χ0n) is 15.5. The Morgan fingerprint density at radius 3 is 2.48 bits per heavy atom. The van der Waals surface area contributed by atoms with Crippen molar-refractivity contribution in [2.75, 3.05) is 5.32 Å². The van der Waals surface area contributed by atoms with Gasteiger partial charge in [-0.2, -0.15) is 5.10 Å². The molecule has 8 heteroatoms. The Morgan fingerprint density at radius 1 is 1.19 bits per heavy atom. The highest BCUT2D eigenvalue weighted by atomic mass is 32.1. The van der Waals surface area contributed by atoms with Crippen molar-refractivity contribution < 1.29 is 14.3 Å². The molecule has 3 aromatic rings. The van der Waals surface area contributed by atoms with Crippen LogP contribution in [0.5, 0.6) is 0 Å². The molecule has 0 aliphatic carbocycles. The molecule has 7 nitrogen and oxygen atoms in total. The van der Waals surface area contributed by atoms with Gasteiger partial charge < -0.3 is 4.74 Å². The summed E-state index contributed by atoms with van der Waals surface area (Å²) < 4.78 is 6.87. The molecule has 1 amide bonds. The zero-order valence-corrected chi connectivity index (χ0v) is 16.3. The van der Waals surface area contributed by atoms with Gasteiger partial charge in [0.25, 0.3) is 5.91 Å². The van der Waals surface area contributed by atoms with Gasteiger partial charge in [-0.25, -0.2) is 14.5 Å². The Hall–Kier alpha value is -3.00. The number of nitrogens with zero attached hydrogens (tertiary/aromatic N) is 3. The highest BCUT2D eigenvalue weighted by molar-refractivity contribution is 7.13. The van der Waals surface area contributed by atoms with Crippen molar-refractivity contribution in [1.29, 1.82) is 0 Å². The van der Waals surface area contributed by atoms with Crippen LogP contribution in [0.25, 0.3) is 5.69 Å². The predicted octanol–water partition coefficient (Wildman–Crippen LogP) is 3.84. The van der Waals surface area contributed by atoms with E-state index in [1.54, 1.807) is 32.9 Å². The fourth-order valence-electron chi connectivity index (χ4n) is 2.31. The van der Waals surface area contributed by atoms with Crippen molar-refractivity contribution in [1.82, 2.24) is 14.8 Å². The van der Waals surface area contributed by atoms with Crippen LogP contribution in [-0.2, 0) is 4.74 Å². The second-order valence-corrected chi connectivity index (χ2v) is 7.77. The fourth-order valence-corrected chi connectivity index (χ4v) is 2.99. The van der Waals surface area contributed by atoms with Gasteiger partial charge in [-0.1, -0.05) is 18.2 Å². The quantitative estimate of drug-likeness (QED) is 0.691. The Morgan fingerprint density at radius 2 is 1.89 bits per heavy atom. The maximum Gasteiger partial charge on any atom is 0.357 e. The molecule has 0 bridgehead atoms. The van der Waals surface area contributed by atoms with E-state index in [2.05, 4.69) is 15.4 Å². The van der Waals surface area contributed by atoms with Gasteiger partial charge in [0.1, 0.15) is 5.60 Å². The van der Waals surface area contributed by atoms with Crippen molar-refractivity contribution in [3.05, 3.63) is 58.9 Å². The van der Waals surface area contributed by atoms with Gasteiger partial charge in [0.2, 0.25) is 0 Å². The summed E-state index contributed by atoms with van der Waals surface area (Å²) in [5.74, 6) is -0.994. The topological polar surface area (TPSA) is 86.1 Å². The van der Waals surface area contributed by atoms with E-state index in [9.17, 15) is 9.59 Å². The molecule has 1 aromatic carbocycles. The number of amides is 1. The number of aryl methyl sites for hydroxylation is 1. The molecule has 2 aromatic heterocycles. The minimum Gasteiger partial charge on any atom is -0.455 e. The van der Waals surface area contributed by atoms with Crippen LogP contribution in [0.15, 0.2) is 41.8 Å². The molecule has 0 saturated carbocycles. The third-order valence-electron chi connectivity index (χ3n) is 3.39. The van der Waals surface area contributed by atoms with E-state index in [4.69, 9.17) is 4.74 Å². The van der Waals surface area contributed by atoms with Crippen LogP contribution < -0.4 is 5.32 Å². The lowest BCUT2D eigenvalue weighted by atomic mass is 10.2. The maximum atomic E-state index is 12.6. The number of carbonyl (C=O) groups is 2. The SMILES string of the molecule is Cc1csc(NC(=O)c2cc(C(=O)OC(C)(C)C)n(-c3ccccc3)n2)n1. The number of rotatable bonds is 4. The minimum absolute atomic E-state index is 0.104. The number of ether oxygens (including phenoxy) is 1. The second-order valence-electron chi connectivity index (χ2n) is 6.91. The van der Waals surface area contributed by atoms with Crippen LogP contribution in [0.4, 0.5) is 5.13 Å². The Balaban J connectivity index is 1.96. The Kier molecular flexibility index (Phi) is 5.09.